The van der Waals surface area contributed by atoms with Crippen molar-refractivity contribution in [1.29, 1.82) is 0 Å². The van der Waals surface area contributed by atoms with E-state index in [2.05, 4.69) is 38.2 Å². The van der Waals surface area contributed by atoms with E-state index in [0.29, 0.717) is 18.1 Å². The van der Waals surface area contributed by atoms with Crippen LogP contribution in [0.25, 0.3) is 0 Å². The van der Waals surface area contributed by atoms with Crippen molar-refractivity contribution in [2.75, 3.05) is 12.4 Å². The van der Waals surface area contributed by atoms with Gasteiger partial charge in [0.1, 0.15) is 5.75 Å². The summed E-state index contributed by atoms with van der Waals surface area (Å²) in [7, 11) is 1.63. The molecule has 3 nitrogen and oxygen atoms in total. The van der Waals surface area contributed by atoms with Crippen molar-refractivity contribution in [3.63, 3.8) is 0 Å². The quantitative estimate of drug-likeness (QED) is 0.839. The van der Waals surface area contributed by atoms with Gasteiger partial charge in [-0.2, -0.15) is 0 Å². The molecule has 2 rings (SSSR count). The van der Waals surface area contributed by atoms with Crippen LogP contribution < -0.4 is 10.1 Å². The third-order valence-corrected chi connectivity index (χ3v) is 3.90. The first kappa shape index (κ1) is 15.6. The van der Waals surface area contributed by atoms with Crippen LogP contribution in [0.1, 0.15) is 45.6 Å². The predicted octanol–water partition coefficient (Wildman–Crippen LogP) is 4.29. The molecule has 1 atom stereocenters. The van der Waals surface area contributed by atoms with Crippen LogP contribution in [0.5, 0.6) is 5.75 Å². The fourth-order valence-corrected chi connectivity index (χ4v) is 2.58. The van der Waals surface area contributed by atoms with E-state index in [1.807, 2.05) is 18.2 Å². The molecule has 1 aromatic carbocycles. The highest BCUT2D eigenvalue weighted by Crippen LogP contribution is 2.32. The highest BCUT2D eigenvalue weighted by Gasteiger charge is 2.18. The molecular weight excluding hydrogens is 262 g/mol. The van der Waals surface area contributed by atoms with Gasteiger partial charge in [0.05, 0.1) is 12.8 Å². The summed E-state index contributed by atoms with van der Waals surface area (Å²) >= 11 is 0. The van der Waals surface area contributed by atoms with E-state index in [4.69, 9.17) is 4.74 Å². The summed E-state index contributed by atoms with van der Waals surface area (Å²) in [5.41, 5.74) is 1.98. The maximum Gasteiger partial charge on any atom is 0.225 e. The third-order valence-electron chi connectivity index (χ3n) is 3.90. The number of rotatable bonds is 4. The van der Waals surface area contributed by atoms with Gasteiger partial charge >= 0.3 is 0 Å². The normalized spacial score (nSPS) is 17.8. The Balaban J connectivity index is 2.13. The van der Waals surface area contributed by atoms with Crippen molar-refractivity contribution in [2.24, 2.45) is 5.92 Å². The van der Waals surface area contributed by atoms with Crippen molar-refractivity contribution >= 4 is 11.6 Å². The van der Waals surface area contributed by atoms with E-state index < -0.39 is 0 Å². The lowest BCUT2D eigenvalue weighted by Gasteiger charge is -2.21. The summed E-state index contributed by atoms with van der Waals surface area (Å²) in [5, 5.41) is 3.00. The summed E-state index contributed by atoms with van der Waals surface area (Å²) in [4.78, 5) is 12.2. The standard InChI is InChI=1S/C18H25NO2/c1-18(2,3)14-9-10-16(21-4)15(12-14)19-17(20)11-13-7-5-6-8-13/h5,7,9-10,12-13H,6,8,11H2,1-4H3,(H,19,20). The first-order valence-electron chi connectivity index (χ1n) is 7.55. The van der Waals surface area contributed by atoms with Gasteiger partial charge in [0, 0.05) is 6.42 Å². The van der Waals surface area contributed by atoms with Crippen LogP contribution in [0, 0.1) is 5.92 Å². The number of carbonyl (C=O) groups excluding carboxylic acids is 1. The van der Waals surface area contributed by atoms with Crippen molar-refractivity contribution in [2.45, 2.75) is 45.4 Å². The first-order valence-corrected chi connectivity index (χ1v) is 7.55. The molecule has 114 valence electrons. The molecule has 1 aliphatic carbocycles. The minimum Gasteiger partial charge on any atom is -0.495 e. The maximum absolute atomic E-state index is 12.2. The van der Waals surface area contributed by atoms with E-state index in [0.717, 1.165) is 18.5 Å². The van der Waals surface area contributed by atoms with Gasteiger partial charge in [-0.3, -0.25) is 4.79 Å². The van der Waals surface area contributed by atoms with Gasteiger partial charge < -0.3 is 10.1 Å². The summed E-state index contributed by atoms with van der Waals surface area (Å²) in [6.45, 7) is 6.47. The number of carbonyl (C=O) groups is 1. The molecule has 0 radical (unpaired) electrons. The number of hydrogen-bond acceptors (Lipinski definition) is 2. The van der Waals surface area contributed by atoms with Gasteiger partial charge in [0.2, 0.25) is 5.91 Å². The molecule has 0 heterocycles. The zero-order chi connectivity index (χ0) is 15.5. The number of benzene rings is 1. The van der Waals surface area contributed by atoms with Gasteiger partial charge in [-0.15, -0.1) is 0 Å². The molecule has 0 aromatic heterocycles. The second-order valence-electron chi connectivity index (χ2n) is 6.68. The van der Waals surface area contributed by atoms with Crippen molar-refractivity contribution in [3.8, 4) is 5.75 Å². The molecule has 0 spiro atoms. The zero-order valence-electron chi connectivity index (χ0n) is 13.4. The lowest BCUT2D eigenvalue weighted by atomic mass is 9.87. The number of allylic oxidation sites excluding steroid dienone is 2. The van der Waals surface area contributed by atoms with Gasteiger partial charge in [0.15, 0.2) is 0 Å². The summed E-state index contributed by atoms with van der Waals surface area (Å²) < 4.78 is 5.36. The average Bonchev–Trinajstić information content (AvgIpc) is 2.90. The molecule has 0 aliphatic heterocycles. The van der Waals surface area contributed by atoms with Crippen LogP contribution in [-0.2, 0) is 10.2 Å². The van der Waals surface area contributed by atoms with Crippen molar-refractivity contribution in [3.05, 3.63) is 35.9 Å². The maximum atomic E-state index is 12.2. The fourth-order valence-electron chi connectivity index (χ4n) is 2.58. The smallest absolute Gasteiger partial charge is 0.225 e. The molecule has 0 bridgehead atoms. The van der Waals surface area contributed by atoms with E-state index in [-0.39, 0.29) is 11.3 Å². The Bertz CT molecular complexity index is 541. The van der Waals surface area contributed by atoms with E-state index in [1.165, 1.54) is 5.56 Å². The Kier molecular flexibility index (Phi) is 4.71. The Hall–Kier alpha value is -1.77. The summed E-state index contributed by atoms with van der Waals surface area (Å²) in [6, 6.07) is 5.99. The SMILES string of the molecule is COc1ccc(C(C)(C)C)cc1NC(=O)CC1C=CCC1. The number of amides is 1. The minimum absolute atomic E-state index is 0.0416. The average molecular weight is 287 g/mol. The number of nitrogens with one attached hydrogen (secondary N) is 1. The molecule has 0 fully saturated rings. The molecule has 1 aromatic rings. The second kappa shape index (κ2) is 6.33. The third kappa shape index (κ3) is 4.10. The van der Waals surface area contributed by atoms with Crippen molar-refractivity contribution < 1.29 is 9.53 Å². The Morgan fingerprint density at radius 2 is 2.14 bits per heavy atom. The largest absolute Gasteiger partial charge is 0.495 e. The molecule has 21 heavy (non-hydrogen) atoms. The highest BCUT2D eigenvalue weighted by atomic mass is 16.5. The number of ether oxygens (including phenoxy) is 1. The van der Waals surface area contributed by atoms with E-state index in [9.17, 15) is 4.79 Å². The molecular formula is C18H25NO2. The minimum atomic E-state index is 0.0416. The summed E-state index contributed by atoms with van der Waals surface area (Å²) in [5.74, 6) is 1.14. The monoisotopic (exact) mass is 287 g/mol. The number of anilines is 1. The van der Waals surface area contributed by atoms with Crippen LogP contribution >= 0.6 is 0 Å². The zero-order valence-corrected chi connectivity index (χ0v) is 13.4. The predicted molar refractivity (Wildman–Crippen MR) is 86.8 cm³/mol. The van der Waals surface area contributed by atoms with Crippen LogP contribution in [0.2, 0.25) is 0 Å². The van der Waals surface area contributed by atoms with Crippen LogP contribution in [-0.4, -0.2) is 13.0 Å². The van der Waals surface area contributed by atoms with Crippen LogP contribution in [0.3, 0.4) is 0 Å². The first-order chi connectivity index (χ1) is 9.90. The number of hydrogen-bond donors (Lipinski definition) is 1. The topological polar surface area (TPSA) is 38.3 Å². The van der Waals surface area contributed by atoms with Crippen LogP contribution in [0.4, 0.5) is 5.69 Å². The Morgan fingerprint density at radius 1 is 1.38 bits per heavy atom. The lowest BCUT2D eigenvalue weighted by molar-refractivity contribution is -0.116. The van der Waals surface area contributed by atoms with E-state index >= 15 is 0 Å². The lowest BCUT2D eigenvalue weighted by Crippen LogP contribution is -2.17. The Labute approximate surface area is 127 Å². The van der Waals surface area contributed by atoms with Gasteiger partial charge in [-0.05, 0) is 41.9 Å². The molecule has 1 amide bonds. The van der Waals surface area contributed by atoms with Crippen LogP contribution in [0.15, 0.2) is 30.4 Å². The summed E-state index contributed by atoms with van der Waals surface area (Å²) in [6.07, 6.45) is 6.99. The van der Waals surface area contributed by atoms with E-state index in [1.54, 1.807) is 7.11 Å². The molecule has 0 saturated carbocycles. The molecule has 1 aliphatic rings. The fraction of sp³-hybridized carbons (Fsp3) is 0.500. The molecule has 3 heteroatoms. The number of methoxy groups -OCH3 is 1. The van der Waals surface area contributed by atoms with Gasteiger partial charge in [-0.1, -0.05) is 39.0 Å². The van der Waals surface area contributed by atoms with Gasteiger partial charge in [0.25, 0.3) is 0 Å². The molecule has 0 saturated heterocycles. The molecule has 1 unspecified atom stereocenters. The Morgan fingerprint density at radius 3 is 2.71 bits per heavy atom. The highest BCUT2D eigenvalue weighted by molar-refractivity contribution is 5.92. The van der Waals surface area contributed by atoms with Crippen molar-refractivity contribution in [1.82, 2.24) is 0 Å². The molecule has 1 N–H and O–H groups in total. The second-order valence-corrected chi connectivity index (χ2v) is 6.68. The van der Waals surface area contributed by atoms with Gasteiger partial charge in [-0.25, -0.2) is 0 Å².